The maximum Gasteiger partial charge on any atom is 0.240 e. The number of nitrogens with two attached hydrogens (primary N) is 1. The van der Waals surface area contributed by atoms with Crippen LogP contribution in [0.2, 0.25) is 0 Å². The van der Waals surface area contributed by atoms with Crippen molar-refractivity contribution < 1.29 is 9.53 Å². The van der Waals surface area contributed by atoms with Crippen LogP contribution in [0.15, 0.2) is 24.3 Å². The Morgan fingerprint density at radius 2 is 2.10 bits per heavy atom. The molecule has 1 aromatic rings. The topological polar surface area (TPSA) is 67.6 Å². The molecule has 0 spiro atoms. The quantitative estimate of drug-likeness (QED) is 0.791. The number of benzene rings is 1. The zero-order valence-corrected chi connectivity index (χ0v) is 12.9. The van der Waals surface area contributed by atoms with Gasteiger partial charge >= 0.3 is 0 Å². The van der Waals surface area contributed by atoms with Gasteiger partial charge in [-0.1, -0.05) is 6.07 Å². The molecule has 5 heteroatoms. The van der Waals surface area contributed by atoms with Crippen LogP contribution in [0, 0.1) is 0 Å². The highest BCUT2D eigenvalue weighted by Gasteiger charge is 2.32. The molecule has 1 aromatic carbocycles. The Hall–Kier alpha value is -1.75. The first-order valence-electron chi connectivity index (χ1n) is 6.72. The Balaban J connectivity index is 2.77. The fraction of sp³-hybridized carbons (Fsp3) is 0.533. The van der Waals surface area contributed by atoms with E-state index in [9.17, 15) is 4.79 Å². The Bertz CT molecular complexity index is 460. The third kappa shape index (κ3) is 4.42. The standard InChI is InChI=1S/C15H25N3O2/c1-11(2)17-15(3,14(16)19)10-20-13-8-6-7-12(9-13)18(4)5/h6-9,11,17H,10H2,1-5H3,(H2,16,19). The van der Waals surface area contributed by atoms with Crippen LogP contribution in [0.1, 0.15) is 20.8 Å². The van der Waals surface area contributed by atoms with Gasteiger partial charge in [0.05, 0.1) is 0 Å². The number of nitrogens with one attached hydrogen (secondary N) is 1. The van der Waals surface area contributed by atoms with Crippen molar-refractivity contribution in [1.29, 1.82) is 0 Å². The molecule has 0 aromatic heterocycles. The first-order valence-corrected chi connectivity index (χ1v) is 6.72. The summed E-state index contributed by atoms with van der Waals surface area (Å²) in [4.78, 5) is 13.6. The minimum absolute atomic E-state index is 0.143. The van der Waals surface area contributed by atoms with Gasteiger partial charge in [0.15, 0.2) is 0 Å². The summed E-state index contributed by atoms with van der Waals surface area (Å²) in [6.07, 6.45) is 0. The molecule has 0 aliphatic heterocycles. The normalized spacial score (nSPS) is 13.9. The monoisotopic (exact) mass is 279 g/mol. The van der Waals surface area contributed by atoms with Crippen molar-refractivity contribution in [2.24, 2.45) is 5.73 Å². The maximum absolute atomic E-state index is 11.6. The minimum Gasteiger partial charge on any atom is -0.491 e. The van der Waals surface area contributed by atoms with E-state index in [-0.39, 0.29) is 12.6 Å². The summed E-state index contributed by atoms with van der Waals surface area (Å²) in [5.74, 6) is 0.296. The summed E-state index contributed by atoms with van der Waals surface area (Å²) < 4.78 is 5.73. The maximum atomic E-state index is 11.6. The number of carbonyl (C=O) groups is 1. The van der Waals surface area contributed by atoms with Crippen LogP contribution in [-0.4, -0.2) is 38.2 Å². The lowest BCUT2D eigenvalue weighted by molar-refractivity contribution is -0.125. The number of hydrogen-bond acceptors (Lipinski definition) is 4. The van der Waals surface area contributed by atoms with Crippen molar-refractivity contribution >= 4 is 11.6 Å². The van der Waals surface area contributed by atoms with E-state index in [1.165, 1.54) is 0 Å². The lowest BCUT2D eigenvalue weighted by Crippen LogP contribution is -2.59. The van der Waals surface area contributed by atoms with Gasteiger partial charge in [-0.05, 0) is 32.9 Å². The second-order valence-corrected chi connectivity index (χ2v) is 5.68. The fourth-order valence-electron chi connectivity index (χ4n) is 1.90. The lowest BCUT2D eigenvalue weighted by Gasteiger charge is -2.29. The molecule has 1 unspecified atom stereocenters. The number of primary amides is 1. The van der Waals surface area contributed by atoms with Crippen LogP contribution in [0.3, 0.4) is 0 Å². The van der Waals surface area contributed by atoms with Gasteiger partial charge in [-0.3, -0.25) is 10.1 Å². The number of nitrogens with zero attached hydrogens (tertiary/aromatic N) is 1. The van der Waals surface area contributed by atoms with Crippen molar-refractivity contribution in [2.75, 3.05) is 25.6 Å². The van der Waals surface area contributed by atoms with Crippen LogP contribution < -0.4 is 20.7 Å². The second-order valence-electron chi connectivity index (χ2n) is 5.68. The van der Waals surface area contributed by atoms with Crippen molar-refractivity contribution in [1.82, 2.24) is 5.32 Å². The first-order chi connectivity index (χ1) is 9.24. The summed E-state index contributed by atoms with van der Waals surface area (Å²) >= 11 is 0. The smallest absolute Gasteiger partial charge is 0.240 e. The highest BCUT2D eigenvalue weighted by molar-refractivity contribution is 5.84. The molecule has 1 atom stereocenters. The van der Waals surface area contributed by atoms with Crippen LogP contribution in [0.5, 0.6) is 5.75 Å². The molecular formula is C15H25N3O2. The van der Waals surface area contributed by atoms with Gasteiger partial charge in [0.2, 0.25) is 5.91 Å². The highest BCUT2D eigenvalue weighted by Crippen LogP contribution is 2.20. The molecular weight excluding hydrogens is 254 g/mol. The molecule has 0 saturated heterocycles. The van der Waals surface area contributed by atoms with Crippen molar-refractivity contribution in [2.45, 2.75) is 32.4 Å². The van der Waals surface area contributed by atoms with Gasteiger partial charge in [-0.25, -0.2) is 0 Å². The van der Waals surface area contributed by atoms with Gasteiger partial charge < -0.3 is 15.4 Å². The van der Waals surface area contributed by atoms with E-state index in [2.05, 4.69) is 5.32 Å². The van der Waals surface area contributed by atoms with Crippen molar-refractivity contribution in [3.8, 4) is 5.75 Å². The Morgan fingerprint density at radius 1 is 1.45 bits per heavy atom. The van der Waals surface area contributed by atoms with Gasteiger partial charge in [0, 0.05) is 31.9 Å². The number of ether oxygens (including phenoxy) is 1. The molecule has 5 nitrogen and oxygen atoms in total. The molecule has 0 aliphatic rings. The molecule has 0 fully saturated rings. The largest absolute Gasteiger partial charge is 0.491 e. The fourth-order valence-corrected chi connectivity index (χ4v) is 1.90. The summed E-state index contributed by atoms with van der Waals surface area (Å²) in [6.45, 7) is 5.88. The third-order valence-corrected chi connectivity index (χ3v) is 3.01. The molecule has 3 N–H and O–H groups in total. The first kappa shape index (κ1) is 16.3. The predicted octanol–water partition coefficient (Wildman–Crippen LogP) is 1.37. The van der Waals surface area contributed by atoms with Gasteiger partial charge in [0.25, 0.3) is 0 Å². The third-order valence-electron chi connectivity index (χ3n) is 3.01. The molecule has 0 heterocycles. The molecule has 1 amide bonds. The van der Waals surface area contributed by atoms with Crippen molar-refractivity contribution in [3.63, 3.8) is 0 Å². The summed E-state index contributed by atoms with van der Waals surface area (Å²) in [6, 6.07) is 7.85. The van der Waals surface area contributed by atoms with E-state index in [0.29, 0.717) is 5.75 Å². The lowest BCUT2D eigenvalue weighted by atomic mass is 10.0. The molecule has 0 bridgehead atoms. The Morgan fingerprint density at radius 3 is 2.60 bits per heavy atom. The molecule has 20 heavy (non-hydrogen) atoms. The molecule has 0 aliphatic carbocycles. The van der Waals surface area contributed by atoms with Crippen molar-refractivity contribution in [3.05, 3.63) is 24.3 Å². The molecule has 0 radical (unpaired) electrons. The number of hydrogen-bond donors (Lipinski definition) is 2. The Kier molecular flexibility index (Phi) is 5.39. The van der Waals surface area contributed by atoms with Crippen LogP contribution in [0.4, 0.5) is 5.69 Å². The van der Waals surface area contributed by atoms with Gasteiger partial charge in [-0.15, -0.1) is 0 Å². The number of amides is 1. The van der Waals surface area contributed by atoms with Crippen LogP contribution >= 0.6 is 0 Å². The number of carbonyl (C=O) groups excluding carboxylic acids is 1. The van der Waals surface area contributed by atoms with Gasteiger partial charge in [0.1, 0.15) is 17.9 Å². The van der Waals surface area contributed by atoms with E-state index in [1.807, 2.05) is 57.1 Å². The number of anilines is 1. The molecule has 0 saturated carbocycles. The summed E-state index contributed by atoms with van der Waals surface area (Å²) in [5.41, 5.74) is 5.63. The van der Waals surface area contributed by atoms with E-state index in [4.69, 9.17) is 10.5 Å². The summed E-state index contributed by atoms with van der Waals surface area (Å²) in [7, 11) is 3.93. The van der Waals surface area contributed by atoms with E-state index in [1.54, 1.807) is 6.92 Å². The van der Waals surface area contributed by atoms with E-state index < -0.39 is 11.4 Å². The SMILES string of the molecule is CC(C)NC(C)(COc1cccc(N(C)C)c1)C(N)=O. The Labute approximate surface area is 121 Å². The molecule has 1 rings (SSSR count). The zero-order chi connectivity index (χ0) is 15.3. The summed E-state index contributed by atoms with van der Waals surface area (Å²) in [5, 5.41) is 3.15. The highest BCUT2D eigenvalue weighted by atomic mass is 16.5. The number of rotatable bonds is 7. The van der Waals surface area contributed by atoms with E-state index in [0.717, 1.165) is 5.69 Å². The predicted molar refractivity (Wildman–Crippen MR) is 82.1 cm³/mol. The second kappa shape index (κ2) is 6.61. The zero-order valence-electron chi connectivity index (χ0n) is 12.9. The van der Waals surface area contributed by atoms with Gasteiger partial charge in [-0.2, -0.15) is 0 Å². The van der Waals surface area contributed by atoms with Crippen LogP contribution in [0.25, 0.3) is 0 Å². The minimum atomic E-state index is -0.887. The van der Waals surface area contributed by atoms with Crippen LogP contribution in [-0.2, 0) is 4.79 Å². The molecule has 112 valence electrons. The average molecular weight is 279 g/mol. The average Bonchev–Trinajstić information content (AvgIpc) is 2.35. The van der Waals surface area contributed by atoms with E-state index >= 15 is 0 Å².